The highest BCUT2D eigenvalue weighted by Crippen LogP contribution is 2.53. The molecule has 0 saturated heterocycles. The first-order valence-corrected chi connectivity index (χ1v) is 14.7. The van der Waals surface area contributed by atoms with E-state index in [9.17, 15) is 0 Å². The summed E-state index contributed by atoms with van der Waals surface area (Å²) < 4.78 is 0. The fourth-order valence-corrected chi connectivity index (χ4v) is 6.95. The number of nitrogens with zero attached hydrogens (tertiary/aromatic N) is 1. The van der Waals surface area contributed by atoms with Crippen molar-refractivity contribution in [2.45, 2.75) is 19.3 Å². The summed E-state index contributed by atoms with van der Waals surface area (Å²) in [5.41, 5.74) is 11.2. The molecule has 1 aliphatic carbocycles. The second kappa shape index (κ2) is 9.46. The number of hydrogen-bond acceptors (Lipinski definition) is 1. The first-order valence-electron chi connectivity index (χ1n) is 14.7. The molecule has 1 heteroatoms. The van der Waals surface area contributed by atoms with Crippen LogP contribution in [-0.2, 0) is 5.41 Å². The standard InChI is InChI=1S/C41H31N/c1-41(2)37-25-23-34(42(32-15-5-3-6-16-32)33-17-7-4-8-18-33)27-36(37)40-35(24-22-29-14-11-19-38(41)39(29)40)31-21-20-28-12-9-10-13-30(28)26-31/h3-27H,1-2H3. The Bertz CT molecular complexity index is 2070. The molecule has 1 aliphatic rings. The minimum atomic E-state index is -0.132. The lowest BCUT2D eigenvalue weighted by Gasteiger charge is -2.37. The Balaban J connectivity index is 1.43. The molecule has 0 bridgehead atoms. The Hall–Kier alpha value is -5.14. The first kappa shape index (κ1) is 24.6. The smallest absolute Gasteiger partial charge is 0.0468 e. The van der Waals surface area contributed by atoms with Crippen LogP contribution in [0, 0.1) is 0 Å². The fourth-order valence-electron chi connectivity index (χ4n) is 6.95. The van der Waals surface area contributed by atoms with E-state index in [1.54, 1.807) is 0 Å². The van der Waals surface area contributed by atoms with Crippen LogP contribution in [0.25, 0.3) is 43.8 Å². The van der Waals surface area contributed by atoms with Gasteiger partial charge in [-0.05, 0) is 97.4 Å². The number of para-hydroxylation sites is 2. The number of rotatable bonds is 4. The van der Waals surface area contributed by atoms with Gasteiger partial charge in [-0.1, -0.05) is 123 Å². The normalized spacial score (nSPS) is 13.2. The average molecular weight is 538 g/mol. The fraction of sp³-hybridized carbons (Fsp3) is 0.0732. The van der Waals surface area contributed by atoms with E-state index in [0.29, 0.717) is 0 Å². The zero-order valence-electron chi connectivity index (χ0n) is 23.9. The summed E-state index contributed by atoms with van der Waals surface area (Å²) in [6, 6.07) is 55.4. The van der Waals surface area contributed by atoms with Crippen LogP contribution in [0.1, 0.15) is 25.0 Å². The molecule has 200 valence electrons. The molecule has 0 aliphatic heterocycles. The summed E-state index contributed by atoms with van der Waals surface area (Å²) in [4.78, 5) is 2.36. The molecule has 0 N–H and O–H groups in total. The third kappa shape index (κ3) is 3.78. The van der Waals surface area contributed by atoms with Crippen molar-refractivity contribution >= 4 is 38.6 Å². The van der Waals surface area contributed by atoms with Gasteiger partial charge in [0.05, 0.1) is 0 Å². The molecule has 7 aromatic rings. The third-order valence-corrected chi connectivity index (χ3v) is 9.01. The van der Waals surface area contributed by atoms with Crippen molar-refractivity contribution in [1.29, 1.82) is 0 Å². The van der Waals surface area contributed by atoms with E-state index in [0.717, 1.165) is 17.1 Å². The van der Waals surface area contributed by atoms with Crippen LogP contribution in [0.5, 0.6) is 0 Å². The van der Waals surface area contributed by atoms with Gasteiger partial charge >= 0.3 is 0 Å². The van der Waals surface area contributed by atoms with Crippen LogP contribution in [-0.4, -0.2) is 0 Å². The van der Waals surface area contributed by atoms with Gasteiger partial charge in [0.15, 0.2) is 0 Å². The second-order valence-corrected chi connectivity index (χ2v) is 11.8. The van der Waals surface area contributed by atoms with E-state index in [2.05, 4.69) is 170 Å². The Labute approximate surface area is 247 Å². The van der Waals surface area contributed by atoms with Crippen molar-refractivity contribution in [2.24, 2.45) is 0 Å². The van der Waals surface area contributed by atoms with Gasteiger partial charge in [-0.15, -0.1) is 0 Å². The van der Waals surface area contributed by atoms with Crippen molar-refractivity contribution < 1.29 is 0 Å². The van der Waals surface area contributed by atoms with Gasteiger partial charge in [0.25, 0.3) is 0 Å². The molecule has 0 radical (unpaired) electrons. The Morgan fingerprint density at radius 2 is 1.07 bits per heavy atom. The van der Waals surface area contributed by atoms with E-state index in [-0.39, 0.29) is 5.41 Å². The van der Waals surface area contributed by atoms with Gasteiger partial charge in [0.1, 0.15) is 0 Å². The second-order valence-electron chi connectivity index (χ2n) is 11.8. The third-order valence-electron chi connectivity index (χ3n) is 9.01. The number of anilines is 3. The van der Waals surface area contributed by atoms with E-state index in [4.69, 9.17) is 0 Å². The van der Waals surface area contributed by atoms with E-state index in [1.807, 2.05) is 0 Å². The van der Waals surface area contributed by atoms with Crippen LogP contribution in [0.2, 0.25) is 0 Å². The summed E-state index contributed by atoms with van der Waals surface area (Å²) in [6.07, 6.45) is 0. The molecule has 0 aromatic heterocycles. The van der Waals surface area contributed by atoms with Gasteiger partial charge < -0.3 is 4.90 Å². The molecular formula is C41H31N. The van der Waals surface area contributed by atoms with Gasteiger partial charge in [-0.2, -0.15) is 0 Å². The van der Waals surface area contributed by atoms with Gasteiger partial charge in [-0.25, -0.2) is 0 Å². The van der Waals surface area contributed by atoms with Crippen LogP contribution in [0.4, 0.5) is 17.1 Å². The maximum absolute atomic E-state index is 2.42. The molecule has 0 atom stereocenters. The Morgan fingerprint density at radius 1 is 0.429 bits per heavy atom. The molecule has 0 spiro atoms. The molecule has 1 nitrogen and oxygen atoms in total. The van der Waals surface area contributed by atoms with Crippen molar-refractivity contribution in [2.75, 3.05) is 4.90 Å². The topological polar surface area (TPSA) is 3.24 Å². The van der Waals surface area contributed by atoms with Crippen molar-refractivity contribution in [1.82, 2.24) is 0 Å². The van der Waals surface area contributed by atoms with Gasteiger partial charge in [0, 0.05) is 22.5 Å². The van der Waals surface area contributed by atoms with E-state index >= 15 is 0 Å². The number of fused-ring (bicyclic) bond motifs is 3. The summed E-state index contributed by atoms with van der Waals surface area (Å²) in [5, 5.41) is 5.18. The summed E-state index contributed by atoms with van der Waals surface area (Å²) in [7, 11) is 0. The molecule has 0 saturated carbocycles. The zero-order chi connectivity index (χ0) is 28.3. The number of benzene rings is 7. The highest BCUT2D eigenvalue weighted by molar-refractivity contribution is 6.10. The largest absolute Gasteiger partial charge is 0.310 e. The first-order chi connectivity index (χ1) is 20.6. The lowest BCUT2D eigenvalue weighted by Crippen LogP contribution is -2.24. The monoisotopic (exact) mass is 537 g/mol. The molecule has 0 unspecified atom stereocenters. The summed E-state index contributed by atoms with van der Waals surface area (Å²) in [5.74, 6) is 0. The van der Waals surface area contributed by atoms with Crippen LogP contribution in [0.3, 0.4) is 0 Å². The predicted octanol–water partition coefficient (Wildman–Crippen LogP) is 11.4. The van der Waals surface area contributed by atoms with Crippen LogP contribution >= 0.6 is 0 Å². The SMILES string of the molecule is CC1(C)c2ccc(N(c3ccccc3)c3ccccc3)cc2-c2c(-c3ccc4ccccc4c3)ccc3cccc1c23. The van der Waals surface area contributed by atoms with Gasteiger partial charge in [0.2, 0.25) is 0 Å². The van der Waals surface area contributed by atoms with Crippen molar-refractivity contribution in [3.8, 4) is 22.3 Å². The van der Waals surface area contributed by atoms with E-state index < -0.39 is 0 Å². The average Bonchev–Trinajstić information content (AvgIpc) is 3.04. The van der Waals surface area contributed by atoms with Crippen molar-refractivity contribution in [3.63, 3.8) is 0 Å². The van der Waals surface area contributed by atoms with E-state index in [1.165, 1.54) is 54.9 Å². The minimum Gasteiger partial charge on any atom is -0.310 e. The van der Waals surface area contributed by atoms with Crippen LogP contribution in [0.15, 0.2) is 152 Å². The Morgan fingerprint density at radius 3 is 1.81 bits per heavy atom. The predicted molar refractivity (Wildman–Crippen MR) is 179 cm³/mol. The minimum absolute atomic E-state index is 0.132. The summed E-state index contributed by atoms with van der Waals surface area (Å²) >= 11 is 0. The van der Waals surface area contributed by atoms with Crippen molar-refractivity contribution in [3.05, 3.63) is 163 Å². The molecule has 7 aromatic carbocycles. The van der Waals surface area contributed by atoms with Gasteiger partial charge in [-0.3, -0.25) is 0 Å². The summed E-state index contributed by atoms with van der Waals surface area (Å²) in [6.45, 7) is 4.75. The molecule has 0 heterocycles. The molecular weight excluding hydrogens is 506 g/mol. The zero-order valence-corrected chi connectivity index (χ0v) is 23.9. The van der Waals surface area contributed by atoms with Crippen LogP contribution < -0.4 is 4.90 Å². The molecule has 42 heavy (non-hydrogen) atoms. The molecule has 0 amide bonds. The number of hydrogen-bond donors (Lipinski definition) is 0. The Kier molecular flexibility index (Phi) is 5.55. The molecule has 8 rings (SSSR count). The highest BCUT2D eigenvalue weighted by Gasteiger charge is 2.35. The maximum Gasteiger partial charge on any atom is 0.0468 e. The quantitative estimate of drug-likeness (QED) is 0.216. The lowest BCUT2D eigenvalue weighted by molar-refractivity contribution is 0.645. The molecule has 0 fully saturated rings. The maximum atomic E-state index is 2.42. The lowest BCUT2D eigenvalue weighted by atomic mass is 9.67. The highest BCUT2D eigenvalue weighted by atomic mass is 15.1.